The van der Waals surface area contributed by atoms with Gasteiger partial charge in [-0.1, -0.05) is 56.5 Å². The SMILES string of the molecule is CCCCC1CCC(C(=O)NC(Cc2ccccc2)C(=O)OC)CC1. The smallest absolute Gasteiger partial charge is 0.328 e. The molecule has 1 aromatic carbocycles. The lowest BCUT2D eigenvalue weighted by atomic mass is 9.79. The van der Waals surface area contributed by atoms with Crippen molar-refractivity contribution >= 4 is 11.9 Å². The number of hydrogen-bond acceptors (Lipinski definition) is 3. The molecule has 1 amide bonds. The summed E-state index contributed by atoms with van der Waals surface area (Å²) in [6.45, 7) is 2.22. The number of amides is 1. The average Bonchev–Trinajstić information content (AvgIpc) is 2.66. The van der Waals surface area contributed by atoms with E-state index in [2.05, 4.69) is 12.2 Å². The van der Waals surface area contributed by atoms with Crippen LogP contribution in [0.5, 0.6) is 0 Å². The number of rotatable bonds is 8. The molecule has 1 atom stereocenters. The molecule has 138 valence electrons. The van der Waals surface area contributed by atoms with Crippen molar-refractivity contribution in [1.82, 2.24) is 5.32 Å². The Morgan fingerprint density at radius 1 is 1.16 bits per heavy atom. The first-order chi connectivity index (χ1) is 12.1. The van der Waals surface area contributed by atoms with E-state index in [0.717, 1.165) is 37.2 Å². The minimum absolute atomic E-state index is 0.000252. The summed E-state index contributed by atoms with van der Waals surface area (Å²) in [5.41, 5.74) is 1.02. The Hall–Kier alpha value is -1.84. The molecule has 1 aromatic rings. The lowest BCUT2D eigenvalue weighted by Gasteiger charge is -2.29. The van der Waals surface area contributed by atoms with Crippen LogP contribution in [-0.2, 0) is 20.7 Å². The average molecular weight is 345 g/mol. The molecule has 25 heavy (non-hydrogen) atoms. The lowest BCUT2D eigenvalue weighted by Crippen LogP contribution is -2.46. The Balaban J connectivity index is 1.88. The monoisotopic (exact) mass is 345 g/mol. The standard InChI is InChI=1S/C21H31NO3/c1-3-4-8-16-11-13-18(14-12-16)20(23)22-19(21(24)25-2)15-17-9-6-5-7-10-17/h5-7,9-10,16,18-19H,3-4,8,11-15H2,1-2H3,(H,22,23). The molecular formula is C21H31NO3. The fourth-order valence-electron chi connectivity index (χ4n) is 3.68. The van der Waals surface area contributed by atoms with E-state index in [4.69, 9.17) is 4.74 Å². The number of benzene rings is 1. The minimum atomic E-state index is -0.613. The maximum absolute atomic E-state index is 12.6. The third kappa shape index (κ3) is 6.18. The Bertz CT molecular complexity index is 535. The van der Waals surface area contributed by atoms with Crippen molar-refractivity contribution in [2.45, 2.75) is 64.3 Å². The normalized spacial score (nSPS) is 21.4. The number of unbranched alkanes of at least 4 members (excludes halogenated alkanes) is 1. The van der Waals surface area contributed by atoms with Crippen molar-refractivity contribution in [3.8, 4) is 0 Å². The van der Waals surface area contributed by atoms with Crippen LogP contribution in [0.25, 0.3) is 0 Å². The van der Waals surface area contributed by atoms with Crippen LogP contribution in [-0.4, -0.2) is 25.0 Å². The molecular weight excluding hydrogens is 314 g/mol. The predicted molar refractivity (Wildman–Crippen MR) is 99.1 cm³/mol. The van der Waals surface area contributed by atoms with E-state index in [-0.39, 0.29) is 17.8 Å². The molecule has 4 nitrogen and oxygen atoms in total. The summed E-state index contributed by atoms with van der Waals surface area (Å²) in [6, 6.07) is 9.11. The van der Waals surface area contributed by atoms with Crippen LogP contribution in [0.1, 0.15) is 57.4 Å². The van der Waals surface area contributed by atoms with Gasteiger partial charge < -0.3 is 10.1 Å². The van der Waals surface area contributed by atoms with Gasteiger partial charge in [0, 0.05) is 12.3 Å². The zero-order valence-electron chi connectivity index (χ0n) is 15.5. The molecule has 0 bridgehead atoms. The molecule has 1 saturated carbocycles. The number of hydrogen-bond donors (Lipinski definition) is 1. The lowest BCUT2D eigenvalue weighted by molar-refractivity contribution is -0.145. The molecule has 1 unspecified atom stereocenters. The van der Waals surface area contributed by atoms with Gasteiger partial charge in [-0.15, -0.1) is 0 Å². The molecule has 2 rings (SSSR count). The number of carbonyl (C=O) groups is 2. The Kier molecular flexibility index (Phi) is 7.96. The number of carbonyl (C=O) groups excluding carboxylic acids is 2. The highest BCUT2D eigenvalue weighted by Crippen LogP contribution is 2.32. The second-order valence-corrected chi connectivity index (χ2v) is 7.13. The first kappa shape index (κ1) is 19.5. The maximum atomic E-state index is 12.6. The fourth-order valence-corrected chi connectivity index (χ4v) is 3.68. The van der Waals surface area contributed by atoms with E-state index < -0.39 is 6.04 Å². The topological polar surface area (TPSA) is 55.4 Å². The summed E-state index contributed by atoms with van der Waals surface area (Å²) in [7, 11) is 1.37. The van der Waals surface area contributed by atoms with E-state index in [9.17, 15) is 9.59 Å². The molecule has 0 heterocycles. The van der Waals surface area contributed by atoms with Crippen molar-refractivity contribution in [3.05, 3.63) is 35.9 Å². The van der Waals surface area contributed by atoms with Crippen molar-refractivity contribution in [2.24, 2.45) is 11.8 Å². The fraction of sp³-hybridized carbons (Fsp3) is 0.619. The highest BCUT2D eigenvalue weighted by atomic mass is 16.5. The quantitative estimate of drug-likeness (QED) is 0.727. The Labute approximate surface area is 151 Å². The maximum Gasteiger partial charge on any atom is 0.328 e. The zero-order valence-corrected chi connectivity index (χ0v) is 15.5. The summed E-state index contributed by atoms with van der Waals surface area (Å²) in [5.74, 6) is 0.416. The first-order valence-electron chi connectivity index (χ1n) is 9.56. The van der Waals surface area contributed by atoms with Gasteiger partial charge in [0.2, 0.25) is 5.91 Å². The minimum Gasteiger partial charge on any atom is -0.467 e. The number of methoxy groups -OCH3 is 1. The van der Waals surface area contributed by atoms with Crippen molar-refractivity contribution in [1.29, 1.82) is 0 Å². The Morgan fingerprint density at radius 2 is 1.84 bits per heavy atom. The molecule has 4 heteroatoms. The van der Waals surface area contributed by atoms with Crippen LogP contribution >= 0.6 is 0 Å². The van der Waals surface area contributed by atoms with Crippen LogP contribution in [0.15, 0.2) is 30.3 Å². The summed E-state index contributed by atoms with van der Waals surface area (Å²) in [5, 5.41) is 2.93. The van der Waals surface area contributed by atoms with Crippen LogP contribution in [0, 0.1) is 11.8 Å². The van der Waals surface area contributed by atoms with Gasteiger partial charge in [-0.2, -0.15) is 0 Å². The van der Waals surface area contributed by atoms with Crippen molar-refractivity contribution in [2.75, 3.05) is 7.11 Å². The number of esters is 1. The van der Waals surface area contributed by atoms with Gasteiger partial charge in [-0.05, 0) is 37.2 Å². The highest BCUT2D eigenvalue weighted by molar-refractivity contribution is 5.86. The molecule has 0 aromatic heterocycles. The van der Waals surface area contributed by atoms with E-state index >= 15 is 0 Å². The molecule has 1 N–H and O–H groups in total. The van der Waals surface area contributed by atoms with E-state index in [0.29, 0.717) is 6.42 Å². The van der Waals surface area contributed by atoms with Crippen LogP contribution in [0.2, 0.25) is 0 Å². The van der Waals surface area contributed by atoms with Crippen LogP contribution < -0.4 is 5.32 Å². The number of nitrogens with one attached hydrogen (secondary N) is 1. The van der Waals surface area contributed by atoms with Gasteiger partial charge in [0.05, 0.1) is 7.11 Å². The third-order valence-electron chi connectivity index (χ3n) is 5.27. The second-order valence-electron chi connectivity index (χ2n) is 7.13. The van der Waals surface area contributed by atoms with Crippen LogP contribution in [0.4, 0.5) is 0 Å². The summed E-state index contributed by atoms with van der Waals surface area (Å²) in [4.78, 5) is 24.7. The molecule has 1 aliphatic carbocycles. The molecule has 1 fully saturated rings. The summed E-state index contributed by atoms with van der Waals surface area (Å²) in [6.07, 6.45) is 8.37. The van der Waals surface area contributed by atoms with Gasteiger partial charge in [0.1, 0.15) is 6.04 Å². The molecule has 0 saturated heterocycles. The van der Waals surface area contributed by atoms with Gasteiger partial charge >= 0.3 is 5.97 Å². The summed E-state index contributed by atoms with van der Waals surface area (Å²) >= 11 is 0. The molecule has 0 spiro atoms. The van der Waals surface area contributed by atoms with Crippen LogP contribution in [0.3, 0.4) is 0 Å². The first-order valence-corrected chi connectivity index (χ1v) is 9.56. The van der Waals surface area contributed by atoms with Gasteiger partial charge in [-0.3, -0.25) is 4.79 Å². The summed E-state index contributed by atoms with van der Waals surface area (Å²) < 4.78 is 4.88. The third-order valence-corrected chi connectivity index (χ3v) is 5.27. The van der Waals surface area contributed by atoms with Gasteiger partial charge in [0.25, 0.3) is 0 Å². The predicted octanol–water partition coefficient (Wildman–Crippen LogP) is 3.88. The largest absolute Gasteiger partial charge is 0.467 e. The van der Waals surface area contributed by atoms with E-state index in [1.165, 1.54) is 26.4 Å². The van der Waals surface area contributed by atoms with E-state index in [1.54, 1.807) is 0 Å². The van der Waals surface area contributed by atoms with Gasteiger partial charge in [0.15, 0.2) is 0 Å². The zero-order chi connectivity index (χ0) is 18.1. The molecule has 1 aliphatic rings. The highest BCUT2D eigenvalue weighted by Gasteiger charge is 2.29. The Morgan fingerprint density at radius 3 is 2.44 bits per heavy atom. The van der Waals surface area contributed by atoms with E-state index in [1.807, 2.05) is 30.3 Å². The molecule has 0 radical (unpaired) electrons. The van der Waals surface area contributed by atoms with Gasteiger partial charge in [-0.25, -0.2) is 4.79 Å². The number of ether oxygens (including phenoxy) is 1. The van der Waals surface area contributed by atoms with Crippen molar-refractivity contribution < 1.29 is 14.3 Å². The second kappa shape index (κ2) is 10.2. The van der Waals surface area contributed by atoms with Crippen molar-refractivity contribution in [3.63, 3.8) is 0 Å². The molecule has 0 aliphatic heterocycles.